The summed E-state index contributed by atoms with van der Waals surface area (Å²) in [6.07, 6.45) is 0. The standard InChI is InChI=1S/C15H13BrClNO2/c16-13-7-6-11(17)8-14(13)18-9-12(15(19)20)10-4-2-1-3-5-10/h1-8,12,18H,9H2,(H,19,20). The van der Waals surface area contributed by atoms with E-state index in [1.165, 1.54) is 0 Å². The van der Waals surface area contributed by atoms with Crippen molar-refractivity contribution in [3.05, 3.63) is 63.6 Å². The lowest BCUT2D eigenvalue weighted by atomic mass is 9.99. The first-order valence-electron chi connectivity index (χ1n) is 6.04. The number of carbonyl (C=O) groups is 1. The van der Waals surface area contributed by atoms with Crippen LogP contribution in [0.4, 0.5) is 5.69 Å². The number of carboxylic acid groups (broad SMARTS) is 1. The summed E-state index contributed by atoms with van der Waals surface area (Å²) >= 11 is 9.34. The molecular formula is C15H13BrClNO2. The summed E-state index contributed by atoms with van der Waals surface area (Å²) in [5, 5.41) is 13.1. The van der Waals surface area contributed by atoms with E-state index in [1.54, 1.807) is 12.1 Å². The molecule has 0 saturated carbocycles. The average molecular weight is 355 g/mol. The predicted octanol–water partition coefficient (Wildman–Crippen LogP) is 4.38. The third-order valence-corrected chi connectivity index (χ3v) is 3.85. The minimum absolute atomic E-state index is 0.290. The highest BCUT2D eigenvalue weighted by atomic mass is 79.9. The van der Waals surface area contributed by atoms with Gasteiger partial charge in [-0.25, -0.2) is 0 Å². The van der Waals surface area contributed by atoms with Crippen LogP contribution in [0.5, 0.6) is 0 Å². The van der Waals surface area contributed by atoms with Crippen LogP contribution in [0.1, 0.15) is 11.5 Å². The molecule has 2 rings (SSSR count). The summed E-state index contributed by atoms with van der Waals surface area (Å²) in [5.41, 5.74) is 1.55. The average Bonchev–Trinajstić information content (AvgIpc) is 2.43. The Morgan fingerprint density at radius 3 is 2.60 bits per heavy atom. The number of anilines is 1. The molecule has 0 fully saturated rings. The maximum Gasteiger partial charge on any atom is 0.312 e. The highest BCUT2D eigenvalue weighted by Crippen LogP contribution is 2.27. The molecular weight excluding hydrogens is 342 g/mol. The third kappa shape index (κ3) is 3.74. The van der Waals surface area contributed by atoms with Crippen molar-refractivity contribution in [3.63, 3.8) is 0 Å². The molecule has 1 unspecified atom stereocenters. The van der Waals surface area contributed by atoms with Crippen LogP contribution in [0.25, 0.3) is 0 Å². The van der Waals surface area contributed by atoms with Gasteiger partial charge in [-0.1, -0.05) is 41.9 Å². The van der Waals surface area contributed by atoms with E-state index in [0.717, 1.165) is 15.7 Å². The zero-order valence-corrected chi connectivity index (χ0v) is 12.9. The molecule has 0 saturated heterocycles. The van der Waals surface area contributed by atoms with Gasteiger partial charge in [0.15, 0.2) is 0 Å². The van der Waals surface area contributed by atoms with Crippen molar-refractivity contribution in [3.8, 4) is 0 Å². The van der Waals surface area contributed by atoms with Crippen molar-refractivity contribution in [1.82, 2.24) is 0 Å². The highest BCUT2D eigenvalue weighted by Gasteiger charge is 2.19. The molecule has 0 aliphatic rings. The van der Waals surface area contributed by atoms with Gasteiger partial charge in [-0.05, 0) is 39.7 Å². The molecule has 3 nitrogen and oxygen atoms in total. The first kappa shape index (κ1) is 14.9. The molecule has 2 N–H and O–H groups in total. The molecule has 0 aromatic heterocycles. The van der Waals surface area contributed by atoms with E-state index >= 15 is 0 Å². The monoisotopic (exact) mass is 353 g/mol. The van der Waals surface area contributed by atoms with Crippen LogP contribution in [0.2, 0.25) is 5.02 Å². The normalized spacial score (nSPS) is 11.9. The minimum atomic E-state index is -0.859. The lowest BCUT2D eigenvalue weighted by Crippen LogP contribution is -2.21. The number of nitrogens with one attached hydrogen (secondary N) is 1. The van der Waals surface area contributed by atoms with E-state index in [0.29, 0.717) is 5.02 Å². The Morgan fingerprint density at radius 2 is 1.95 bits per heavy atom. The van der Waals surface area contributed by atoms with Crippen molar-refractivity contribution in [2.45, 2.75) is 5.92 Å². The van der Waals surface area contributed by atoms with Crippen LogP contribution >= 0.6 is 27.5 Å². The van der Waals surface area contributed by atoms with Gasteiger partial charge in [0.1, 0.15) is 0 Å². The van der Waals surface area contributed by atoms with Crippen LogP contribution in [0, 0.1) is 0 Å². The fourth-order valence-corrected chi connectivity index (χ4v) is 2.44. The molecule has 0 heterocycles. The topological polar surface area (TPSA) is 49.3 Å². The minimum Gasteiger partial charge on any atom is -0.481 e. The molecule has 2 aromatic carbocycles. The summed E-state index contributed by atoms with van der Waals surface area (Å²) < 4.78 is 0.846. The number of benzene rings is 2. The van der Waals surface area contributed by atoms with Crippen LogP contribution in [0.3, 0.4) is 0 Å². The first-order valence-corrected chi connectivity index (χ1v) is 7.21. The number of aliphatic carboxylic acids is 1. The second-order valence-corrected chi connectivity index (χ2v) is 5.60. The molecule has 0 radical (unpaired) electrons. The van der Waals surface area contributed by atoms with Gasteiger partial charge < -0.3 is 10.4 Å². The number of carboxylic acids is 1. The quantitative estimate of drug-likeness (QED) is 0.837. The summed E-state index contributed by atoms with van der Waals surface area (Å²) in [6.45, 7) is 0.290. The molecule has 0 aliphatic carbocycles. The van der Waals surface area contributed by atoms with E-state index in [4.69, 9.17) is 11.6 Å². The second-order valence-electron chi connectivity index (χ2n) is 4.31. The van der Waals surface area contributed by atoms with Crippen molar-refractivity contribution in [2.75, 3.05) is 11.9 Å². The van der Waals surface area contributed by atoms with E-state index in [2.05, 4.69) is 21.2 Å². The largest absolute Gasteiger partial charge is 0.481 e. The Morgan fingerprint density at radius 1 is 1.25 bits per heavy atom. The lowest BCUT2D eigenvalue weighted by molar-refractivity contribution is -0.138. The van der Waals surface area contributed by atoms with E-state index in [-0.39, 0.29) is 6.54 Å². The van der Waals surface area contributed by atoms with Crippen molar-refractivity contribution >= 4 is 39.2 Å². The molecule has 1 atom stereocenters. The zero-order chi connectivity index (χ0) is 14.5. The molecule has 104 valence electrons. The van der Waals surface area contributed by atoms with Gasteiger partial charge in [-0.3, -0.25) is 4.79 Å². The maximum absolute atomic E-state index is 11.4. The third-order valence-electron chi connectivity index (χ3n) is 2.93. The van der Waals surface area contributed by atoms with Gasteiger partial charge >= 0.3 is 5.97 Å². The maximum atomic E-state index is 11.4. The molecule has 0 spiro atoms. The summed E-state index contributed by atoms with van der Waals surface area (Å²) in [6, 6.07) is 14.5. The molecule has 2 aromatic rings. The van der Waals surface area contributed by atoms with Gasteiger partial charge in [0.25, 0.3) is 0 Å². The number of halogens is 2. The van der Waals surface area contributed by atoms with E-state index in [1.807, 2.05) is 36.4 Å². The van der Waals surface area contributed by atoms with Gasteiger partial charge in [-0.2, -0.15) is 0 Å². The van der Waals surface area contributed by atoms with Gasteiger partial charge in [0.05, 0.1) is 5.92 Å². The molecule has 20 heavy (non-hydrogen) atoms. The van der Waals surface area contributed by atoms with Gasteiger partial charge in [-0.15, -0.1) is 0 Å². The number of hydrogen-bond acceptors (Lipinski definition) is 2. The first-order chi connectivity index (χ1) is 9.58. The second kappa shape index (κ2) is 6.77. The Bertz CT molecular complexity index is 604. The number of rotatable bonds is 5. The molecule has 0 aliphatic heterocycles. The van der Waals surface area contributed by atoms with Crippen molar-refractivity contribution in [2.24, 2.45) is 0 Å². The van der Waals surface area contributed by atoms with Crippen molar-refractivity contribution in [1.29, 1.82) is 0 Å². The van der Waals surface area contributed by atoms with Gasteiger partial charge in [0.2, 0.25) is 0 Å². The highest BCUT2D eigenvalue weighted by molar-refractivity contribution is 9.10. The van der Waals surface area contributed by atoms with Crippen LogP contribution in [0.15, 0.2) is 53.0 Å². The SMILES string of the molecule is O=C(O)C(CNc1cc(Cl)ccc1Br)c1ccccc1. The fourth-order valence-electron chi connectivity index (χ4n) is 1.88. The Kier molecular flexibility index (Phi) is 5.04. The van der Waals surface area contributed by atoms with Crippen LogP contribution < -0.4 is 5.32 Å². The lowest BCUT2D eigenvalue weighted by Gasteiger charge is -2.15. The van der Waals surface area contributed by atoms with E-state index < -0.39 is 11.9 Å². The fraction of sp³-hybridized carbons (Fsp3) is 0.133. The van der Waals surface area contributed by atoms with E-state index in [9.17, 15) is 9.90 Å². The smallest absolute Gasteiger partial charge is 0.312 e. The summed E-state index contributed by atoms with van der Waals surface area (Å²) in [4.78, 5) is 11.4. The van der Waals surface area contributed by atoms with Crippen LogP contribution in [-0.2, 0) is 4.79 Å². The Labute approximate surface area is 130 Å². The Balaban J connectivity index is 2.14. The van der Waals surface area contributed by atoms with Crippen LogP contribution in [-0.4, -0.2) is 17.6 Å². The summed E-state index contributed by atoms with van der Waals surface area (Å²) in [5.74, 6) is -1.47. The predicted molar refractivity (Wildman–Crippen MR) is 84.5 cm³/mol. The summed E-state index contributed by atoms with van der Waals surface area (Å²) in [7, 11) is 0. The zero-order valence-electron chi connectivity index (χ0n) is 10.5. The molecule has 5 heteroatoms. The molecule has 0 amide bonds. The van der Waals surface area contributed by atoms with Gasteiger partial charge in [0, 0.05) is 21.7 Å². The van der Waals surface area contributed by atoms with Crippen molar-refractivity contribution < 1.29 is 9.90 Å². The molecule has 0 bridgehead atoms. The Hall–Kier alpha value is -1.52. The number of hydrogen-bond donors (Lipinski definition) is 2.